The predicted octanol–water partition coefficient (Wildman–Crippen LogP) is 0.443. The van der Waals surface area contributed by atoms with Crippen molar-refractivity contribution in [1.82, 2.24) is 10.2 Å². The van der Waals surface area contributed by atoms with Gasteiger partial charge in [-0.3, -0.25) is 9.59 Å². The highest BCUT2D eigenvalue weighted by atomic mass is 32.1. The minimum atomic E-state index is -0.400. The summed E-state index contributed by atoms with van der Waals surface area (Å²) >= 11 is 1.36. The summed E-state index contributed by atoms with van der Waals surface area (Å²) in [6.07, 6.45) is 0.596. The van der Waals surface area contributed by atoms with E-state index in [1.54, 1.807) is 16.3 Å². The smallest absolute Gasteiger partial charge is 0.255 e. The van der Waals surface area contributed by atoms with Crippen molar-refractivity contribution in [3.05, 3.63) is 21.9 Å². The quantitative estimate of drug-likeness (QED) is 0.777. The van der Waals surface area contributed by atoms with Gasteiger partial charge in [0.05, 0.1) is 10.4 Å². The molecule has 6 heteroatoms. The van der Waals surface area contributed by atoms with Gasteiger partial charge in [-0.2, -0.15) is 0 Å². The zero-order valence-electron chi connectivity index (χ0n) is 11.2. The molecule has 2 rings (SSSR count). The molecule has 0 saturated carbocycles. The summed E-state index contributed by atoms with van der Waals surface area (Å²) in [4.78, 5) is 26.6. The molecule has 1 aliphatic heterocycles. The van der Waals surface area contributed by atoms with Crippen LogP contribution in [0.15, 0.2) is 11.4 Å². The third-order valence-corrected chi connectivity index (χ3v) is 3.96. The molecule has 106 valence electrons. The Labute approximate surface area is 121 Å². The van der Waals surface area contributed by atoms with Gasteiger partial charge in [-0.1, -0.05) is 18.8 Å². The predicted molar refractivity (Wildman–Crippen MR) is 76.4 cm³/mol. The number of carbonyl (C=O) groups is 2. The van der Waals surface area contributed by atoms with Crippen LogP contribution in [0, 0.1) is 11.8 Å². The van der Waals surface area contributed by atoms with Gasteiger partial charge in [0.1, 0.15) is 12.6 Å². The number of carbonyl (C=O) groups excluding carboxylic acids is 2. The zero-order valence-corrected chi connectivity index (χ0v) is 12.0. The van der Waals surface area contributed by atoms with Gasteiger partial charge >= 0.3 is 0 Å². The number of aliphatic hydroxyl groups excluding tert-OH is 1. The first-order chi connectivity index (χ1) is 9.67. The van der Waals surface area contributed by atoms with Crippen LogP contribution >= 0.6 is 11.3 Å². The second-order valence-corrected chi connectivity index (χ2v) is 5.28. The Kier molecular flexibility index (Phi) is 4.77. The van der Waals surface area contributed by atoms with Gasteiger partial charge in [0.25, 0.3) is 5.91 Å². The minimum absolute atomic E-state index is 0.0948. The van der Waals surface area contributed by atoms with E-state index in [-0.39, 0.29) is 18.4 Å². The molecule has 1 aromatic rings. The van der Waals surface area contributed by atoms with Gasteiger partial charge < -0.3 is 15.3 Å². The lowest BCUT2D eigenvalue weighted by Gasteiger charge is -2.34. The van der Waals surface area contributed by atoms with Crippen molar-refractivity contribution in [1.29, 1.82) is 0 Å². The van der Waals surface area contributed by atoms with Gasteiger partial charge in [0.15, 0.2) is 0 Å². The third-order valence-electron chi connectivity index (χ3n) is 3.12. The number of nitrogens with zero attached hydrogens (tertiary/aromatic N) is 1. The highest BCUT2D eigenvalue weighted by Gasteiger charge is 2.32. The lowest BCUT2D eigenvalue weighted by molar-refractivity contribution is -0.127. The topological polar surface area (TPSA) is 69.6 Å². The summed E-state index contributed by atoms with van der Waals surface area (Å²) < 4.78 is 0. The SMILES string of the molecule is CCC1C(=O)NCCN1C(=O)c1csc(C#CCO)c1. The number of thiophene rings is 1. The lowest BCUT2D eigenvalue weighted by atomic mass is 10.1. The Morgan fingerprint density at radius 3 is 3.15 bits per heavy atom. The van der Waals surface area contributed by atoms with E-state index < -0.39 is 6.04 Å². The van der Waals surface area contributed by atoms with Crippen molar-refractivity contribution in [2.24, 2.45) is 0 Å². The number of hydrogen-bond acceptors (Lipinski definition) is 4. The van der Waals surface area contributed by atoms with Crippen molar-refractivity contribution in [2.45, 2.75) is 19.4 Å². The second kappa shape index (κ2) is 6.55. The number of amides is 2. The molecule has 1 aromatic heterocycles. The molecule has 20 heavy (non-hydrogen) atoms. The Balaban J connectivity index is 2.17. The van der Waals surface area contributed by atoms with Crippen molar-refractivity contribution < 1.29 is 14.7 Å². The molecule has 1 unspecified atom stereocenters. The maximum Gasteiger partial charge on any atom is 0.255 e. The molecule has 0 aliphatic carbocycles. The molecule has 1 atom stereocenters. The Hall–Kier alpha value is -1.84. The van der Waals surface area contributed by atoms with Crippen LogP contribution in [0.1, 0.15) is 28.6 Å². The standard InChI is InChI=1S/C14H16N2O3S/c1-2-12-13(18)15-5-6-16(12)14(19)10-8-11(20-9-10)4-3-7-17/h8-9,12,17H,2,5-7H2,1H3,(H,15,18). The third kappa shape index (κ3) is 3.00. The number of hydrogen-bond donors (Lipinski definition) is 2. The van der Waals surface area contributed by atoms with Crippen LogP contribution in [-0.4, -0.2) is 47.6 Å². The van der Waals surface area contributed by atoms with Gasteiger partial charge in [-0.15, -0.1) is 11.3 Å². The van der Waals surface area contributed by atoms with Crippen LogP contribution < -0.4 is 5.32 Å². The van der Waals surface area contributed by atoms with Crippen molar-refractivity contribution >= 4 is 23.2 Å². The molecule has 2 amide bonds. The Morgan fingerprint density at radius 1 is 1.65 bits per heavy atom. The van der Waals surface area contributed by atoms with E-state index in [1.165, 1.54) is 11.3 Å². The Bertz CT molecular complexity index is 570. The van der Waals surface area contributed by atoms with E-state index in [9.17, 15) is 9.59 Å². The lowest BCUT2D eigenvalue weighted by Crippen LogP contribution is -2.56. The number of nitrogens with one attached hydrogen (secondary N) is 1. The average molecular weight is 292 g/mol. The summed E-state index contributed by atoms with van der Waals surface area (Å²) in [5.74, 6) is 5.09. The molecule has 1 aliphatic rings. The normalized spacial score (nSPS) is 18.2. The van der Waals surface area contributed by atoms with Crippen LogP contribution in [0.2, 0.25) is 0 Å². The monoisotopic (exact) mass is 292 g/mol. The van der Waals surface area contributed by atoms with Crippen molar-refractivity contribution in [3.8, 4) is 11.8 Å². The first-order valence-electron chi connectivity index (χ1n) is 6.44. The van der Waals surface area contributed by atoms with Crippen LogP contribution in [-0.2, 0) is 4.79 Å². The van der Waals surface area contributed by atoms with Crippen LogP contribution in [0.25, 0.3) is 0 Å². The van der Waals surface area contributed by atoms with Crippen molar-refractivity contribution in [2.75, 3.05) is 19.7 Å². The van der Waals surface area contributed by atoms with Gasteiger partial charge in [0, 0.05) is 18.5 Å². The molecule has 0 spiro atoms. The van der Waals surface area contributed by atoms with E-state index in [0.717, 1.165) is 4.88 Å². The molecule has 1 saturated heterocycles. The summed E-state index contributed by atoms with van der Waals surface area (Å²) in [6.45, 7) is 2.70. The molecular formula is C14H16N2O3S. The van der Waals surface area contributed by atoms with Gasteiger partial charge in [-0.05, 0) is 12.5 Å². The first-order valence-corrected chi connectivity index (χ1v) is 7.32. The van der Waals surface area contributed by atoms with Crippen LogP contribution in [0.4, 0.5) is 0 Å². The molecule has 5 nitrogen and oxygen atoms in total. The largest absolute Gasteiger partial charge is 0.384 e. The molecule has 2 N–H and O–H groups in total. The molecule has 0 radical (unpaired) electrons. The fourth-order valence-electron chi connectivity index (χ4n) is 2.17. The Morgan fingerprint density at radius 2 is 2.45 bits per heavy atom. The van der Waals surface area contributed by atoms with E-state index >= 15 is 0 Å². The second-order valence-electron chi connectivity index (χ2n) is 4.37. The van der Waals surface area contributed by atoms with E-state index in [2.05, 4.69) is 17.2 Å². The maximum absolute atomic E-state index is 12.5. The first kappa shape index (κ1) is 14.6. The van der Waals surface area contributed by atoms with Gasteiger partial charge in [-0.25, -0.2) is 0 Å². The molecular weight excluding hydrogens is 276 g/mol. The van der Waals surface area contributed by atoms with Crippen LogP contribution in [0.3, 0.4) is 0 Å². The minimum Gasteiger partial charge on any atom is -0.384 e. The zero-order chi connectivity index (χ0) is 14.5. The number of aliphatic hydroxyl groups is 1. The van der Waals surface area contributed by atoms with E-state index in [0.29, 0.717) is 25.1 Å². The highest BCUT2D eigenvalue weighted by Crippen LogP contribution is 2.18. The average Bonchev–Trinajstić information content (AvgIpc) is 2.92. The van der Waals surface area contributed by atoms with Crippen LogP contribution in [0.5, 0.6) is 0 Å². The molecule has 1 fully saturated rings. The summed E-state index contributed by atoms with van der Waals surface area (Å²) in [5.41, 5.74) is 0.547. The van der Waals surface area contributed by atoms with E-state index in [4.69, 9.17) is 5.11 Å². The van der Waals surface area contributed by atoms with E-state index in [1.807, 2.05) is 6.92 Å². The summed E-state index contributed by atoms with van der Waals surface area (Å²) in [6, 6.07) is 1.30. The summed E-state index contributed by atoms with van der Waals surface area (Å²) in [7, 11) is 0. The highest BCUT2D eigenvalue weighted by molar-refractivity contribution is 7.10. The van der Waals surface area contributed by atoms with Gasteiger partial charge in [0.2, 0.25) is 5.91 Å². The fourth-order valence-corrected chi connectivity index (χ4v) is 2.92. The molecule has 0 bridgehead atoms. The molecule has 2 heterocycles. The maximum atomic E-state index is 12.5. The van der Waals surface area contributed by atoms with Crippen molar-refractivity contribution in [3.63, 3.8) is 0 Å². The fraction of sp³-hybridized carbons (Fsp3) is 0.429. The number of piperazine rings is 1. The number of rotatable bonds is 2. The molecule has 0 aromatic carbocycles. The summed E-state index contributed by atoms with van der Waals surface area (Å²) in [5, 5.41) is 13.2.